The highest BCUT2D eigenvalue weighted by Gasteiger charge is 2.47. The molecule has 1 saturated carbocycles. The molecule has 2 aliphatic rings. The predicted octanol–water partition coefficient (Wildman–Crippen LogP) is 3.39. The van der Waals surface area contributed by atoms with Gasteiger partial charge < -0.3 is 10.6 Å². The topological polar surface area (TPSA) is 46.3 Å². The third-order valence-corrected chi connectivity index (χ3v) is 5.26. The van der Waals surface area contributed by atoms with Crippen LogP contribution in [-0.2, 0) is 11.0 Å². The Balaban J connectivity index is 1.66. The van der Waals surface area contributed by atoms with Gasteiger partial charge in [-0.1, -0.05) is 18.2 Å². The molecule has 3 nitrogen and oxygen atoms in total. The first-order chi connectivity index (χ1) is 11.3. The van der Waals surface area contributed by atoms with Crippen molar-refractivity contribution in [2.24, 2.45) is 17.6 Å². The summed E-state index contributed by atoms with van der Waals surface area (Å²) in [4.78, 5) is 14.5. The van der Waals surface area contributed by atoms with Crippen LogP contribution in [0, 0.1) is 11.8 Å². The van der Waals surface area contributed by atoms with Crippen LogP contribution in [0.15, 0.2) is 24.3 Å². The smallest absolute Gasteiger partial charge is 0.342 e. The molecule has 132 valence electrons. The van der Waals surface area contributed by atoms with E-state index in [4.69, 9.17) is 5.73 Å². The molecule has 0 bridgehead atoms. The molecule has 2 N–H and O–H groups in total. The van der Waals surface area contributed by atoms with Crippen molar-refractivity contribution in [3.05, 3.63) is 35.4 Å². The number of piperidine rings is 1. The minimum atomic E-state index is -4.35. The lowest BCUT2D eigenvalue weighted by Crippen LogP contribution is -2.45. The van der Waals surface area contributed by atoms with Gasteiger partial charge in [-0.25, -0.2) is 0 Å². The summed E-state index contributed by atoms with van der Waals surface area (Å²) in [6.45, 7) is 3.36. The Bertz CT molecular complexity index is 615. The van der Waals surface area contributed by atoms with Gasteiger partial charge in [0.15, 0.2) is 0 Å². The summed E-state index contributed by atoms with van der Waals surface area (Å²) in [5, 5.41) is 0. The van der Waals surface area contributed by atoms with Crippen LogP contribution in [0.5, 0.6) is 0 Å². The molecule has 4 atom stereocenters. The second-order valence-corrected chi connectivity index (χ2v) is 7.12. The van der Waals surface area contributed by atoms with Gasteiger partial charge >= 0.3 is 6.18 Å². The van der Waals surface area contributed by atoms with Crippen molar-refractivity contribution in [2.75, 3.05) is 13.1 Å². The van der Waals surface area contributed by atoms with Crippen LogP contribution in [0.1, 0.15) is 43.2 Å². The van der Waals surface area contributed by atoms with E-state index >= 15 is 0 Å². The van der Waals surface area contributed by atoms with Crippen LogP contribution in [0.2, 0.25) is 0 Å². The van der Waals surface area contributed by atoms with E-state index in [1.807, 2.05) is 11.8 Å². The summed E-state index contributed by atoms with van der Waals surface area (Å²) in [5.74, 6) is 0.118. The Morgan fingerprint density at radius 1 is 1.38 bits per heavy atom. The first-order valence-corrected chi connectivity index (χ1v) is 8.49. The van der Waals surface area contributed by atoms with E-state index in [2.05, 4.69) is 0 Å². The summed E-state index contributed by atoms with van der Waals surface area (Å²) in [6.07, 6.45) is -1.73. The molecule has 3 rings (SSSR count). The first kappa shape index (κ1) is 17.3. The van der Waals surface area contributed by atoms with E-state index in [1.54, 1.807) is 6.07 Å². The van der Waals surface area contributed by atoms with Gasteiger partial charge in [-0.3, -0.25) is 4.79 Å². The fraction of sp³-hybridized carbons (Fsp3) is 0.611. The normalized spacial score (nSPS) is 28.5. The number of alkyl halides is 3. The number of carbonyl (C=O) groups is 1. The van der Waals surface area contributed by atoms with E-state index in [-0.39, 0.29) is 23.8 Å². The summed E-state index contributed by atoms with van der Waals surface area (Å²) in [7, 11) is 0. The summed E-state index contributed by atoms with van der Waals surface area (Å²) >= 11 is 0. The summed E-state index contributed by atoms with van der Waals surface area (Å²) in [5.41, 5.74) is 5.92. The zero-order chi connectivity index (χ0) is 17.5. The molecule has 6 heteroatoms. The van der Waals surface area contributed by atoms with Gasteiger partial charge in [-0.15, -0.1) is 0 Å². The van der Waals surface area contributed by atoms with Crippen LogP contribution >= 0.6 is 0 Å². The minimum absolute atomic E-state index is 0.0547. The molecule has 1 aromatic rings. The number of amides is 1. The predicted molar refractivity (Wildman–Crippen MR) is 85.2 cm³/mol. The Morgan fingerprint density at radius 2 is 2.12 bits per heavy atom. The van der Waals surface area contributed by atoms with Crippen molar-refractivity contribution in [2.45, 2.75) is 44.3 Å². The van der Waals surface area contributed by atoms with E-state index in [0.717, 1.165) is 25.5 Å². The van der Waals surface area contributed by atoms with Crippen LogP contribution in [-0.4, -0.2) is 29.9 Å². The Labute approximate surface area is 140 Å². The fourth-order valence-electron chi connectivity index (χ4n) is 3.66. The van der Waals surface area contributed by atoms with Crippen LogP contribution < -0.4 is 5.73 Å². The second-order valence-electron chi connectivity index (χ2n) is 7.12. The average Bonchev–Trinajstić information content (AvgIpc) is 3.34. The monoisotopic (exact) mass is 340 g/mol. The van der Waals surface area contributed by atoms with Crippen molar-refractivity contribution < 1.29 is 18.0 Å². The van der Waals surface area contributed by atoms with Crippen molar-refractivity contribution in [3.63, 3.8) is 0 Å². The van der Waals surface area contributed by atoms with Gasteiger partial charge in [0.05, 0.1) is 5.56 Å². The molecular weight excluding hydrogens is 317 g/mol. The number of nitrogens with zero attached hydrogens (tertiary/aromatic N) is 1. The number of likely N-dealkylation sites (tertiary alicyclic amines) is 1. The van der Waals surface area contributed by atoms with Gasteiger partial charge in [0, 0.05) is 25.0 Å². The highest BCUT2D eigenvalue weighted by atomic mass is 19.4. The molecule has 24 heavy (non-hydrogen) atoms. The van der Waals surface area contributed by atoms with Gasteiger partial charge in [-0.05, 0) is 49.7 Å². The number of nitrogens with two attached hydrogens (primary N) is 1. The third kappa shape index (κ3) is 3.58. The standard InChI is InChI=1S/C18H23F3N2O/c1-11(22)13-5-3-7-23(10-13)17(24)16-9-15(16)12-4-2-6-14(8-12)18(19,20)21/h2,4,6,8,11,13,15-16H,3,5,7,9-10,22H2,1H3. The molecule has 0 aromatic heterocycles. The Hall–Kier alpha value is -1.56. The van der Waals surface area contributed by atoms with Gasteiger partial charge in [0.1, 0.15) is 0 Å². The van der Waals surface area contributed by atoms with E-state index < -0.39 is 11.7 Å². The first-order valence-electron chi connectivity index (χ1n) is 8.49. The molecule has 0 spiro atoms. The van der Waals surface area contributed by atoms with Gasteiger partial charge in [-0.2, -0.15) is 13.2 Å². The highest BCUT2D eigenvalue weighted by Crippen LogP contribution is 2.49. The van der Waals surface area contributed by atoms with Crippen molar-refractivity contribution >= 4 is 5.91 Å². The molecule has 1 amide bonds. The molecule has 1 aliphatic carbocycles. The highest BCUT2D eigenvalue weighted by molar-refractivity contribution is 5.83. The van der Waals surface area contributed by atoms with E-state index in [1.165, 1.54) is 12.1 Å². The fourth-order valence-corrected chi connectivity index (χ4v) is 3.66. The van der Waals surface area contributed by atoms with E-state index in [0.29, 0.717) is 24.4 Å². The van der Waals surface area contributed by atoms with Crippen LogP contribution in [0.3, 0.4) is 0 Å². The Kier molecular flexibility index (Phi) is 4.60. The van der Waals surface area contributed by atoms with Crippen molar-refractivity contribution in [1.29, 1.82) is 0 Å². The molecule has 2 fully saturated rings. The number of carbonyl (C=O) groups excluding carboxylic acids is 1. The van der Waals surface area contributed by atoms with Crippen molar-refractivity contribution in [3.8, 4) is 0 Å². The number of benzene rings is 1. The number of halogens is 3. The van der Waals surface area contributed by atoms with Crippen molar-refractivity contribution in [1.82, 2.24) is 4.90 Å². The lowest BCUT2D eigenvalue weighted by Gasteiger charge is -2.34. The molecule has 0 radical (unpaired) electrons. The maximum absolute atomic E-state index is 12.8. The quantitative estimate of drug-likeness (QED) is 0.917. The Morgan fingerprint density at radius 3 is 2.79 bits per heavy atom. The zero-order valence-corrected chi connectivity index (χ0v) is 13.7. The largest absolute Gasteiger partial charge is 0.416 e. The van der Waals surface area contributed by atoms with Crippen LogP contribution in [0.4, 0.5) is 13.2 Å². The summed E-state index contributed by atoms with van der Waals surface area (Å²) in [6, 6.07) is 5.41. The number of rotatable bonds is 3. The maximum atomic E-state index is 12.8. The summed E-state index contributed by atoms with van der Waals surface area (Å²) < 4.78 is 38.5. The molecular formula is C18H23F3N2O. The van der Waals surface area contributed by atoms with Gasteiger partial charge in [0.25, 0.3) is 0 Å². The zero-order valence-electron chi connectivity index (χ0n) is 13.7. The number of hydrogen-bond donors (Lipinski definition) is 1. The molecule has 4 unspecified atom stereocenters. The average molecular weight is 340 g/mol. The second kappa shape index (κ2) is 6.39. The lowest BCUT2D eigenvalue weighted by molar-refractivity contribution is -0.137. The van der Waals surface area contributed by atoms with E-state index in [9.17, 15) is 18.0 Å². The van der Waals surface area contributed by atoms with Gasteiger partial charge in [0.2, 0.25) is 5.91 Å². The van der Waals surface area contributed by atoms with Crippen LogP contribution in [0.25, 0.3) is 0 Å². The molecule has 1 aliphatic heterocycles. The molecule has 1 heterocycles. The number of hydrogen-bond acceptors (Lipinski definition) is 2. The minimum Gasteiger partial charge on any atom is -0.342 e. The third-order valence-electron chi connectivity index (χ3n) is 5.26. The molecule has 1 saturated heterocycles. The SMILES string of the molecule is CC(N)C1CCCN(C(=O)C2CC2c2cccc(C(F)(F)F)c2)C1. The molecule has 1 aromatic carbocycles. The lowest BCUT2D eigenvalue weighted by atomic mass is 9.92. The maximum Gasteiger partial charge on any atom is 0.416 e.